The highest BCUT2D eigenvalue weighted by atomic mass is 16.5. The number of urea groups is 1. The largest absolute Gasteiger partial charge is 0.480 e. The van der Waals surface area contributed by atoms with Gasteiger partial charge in [-0.25, -0.2) is 9.59 Å². The lowest BCUT2D eigenvalue weighted by molar-refractivity contribution is -0.142. The van der Waals surface area contributed by atoms with Gasteiger partial charge < -0.3 is 20.5 Å². The summed E-state index contributed by atoms with van der Waals surface area (Å²) in [6.45, 7) is 2.02. The summed E-state index contributed by atoms with van der Waals surface area (Å²) in [6, 6.07) is 9.62. The molecule has 0 aliphatic rings. The smallest absolute Gasteiger partial charge is 0.329 e. The molecule has 0 aliphatic carbocycles. The summed E-state index contributed by atoms with van der Waals surface area (Å²) in [5.74, 6) is -1.02. The first-order valence-corrected chi connectivity index (χ1v) is 6.45. The first-order valence-electron chi connectivity index (χ1n) is 6.45. The summed E-state index contributed by atoms with van der Waals surface area (Å²) in [6.07, 6.45) is 0.754. The van der Waals surface area contributed by atoms with E-state index >= 15 is 0 Å². The zero-order valence-electron chi connectivity index (χ0n) is 11.5. The Kier molecular flexibility index (Phi) is 7.13. The van der Waals surface area contributed by atoms with Crippen molar-refractivity contribution in [2.75, 3.05) is 19.8 Å². The maximum absolute atomic E-state index is 11.5. The maximum atomic E-state index is 11.5. The van der Waals surface area contributed by atoms with Crippen molar-refractivity contribution in [3.8, 4) is 0 Å². The summed E-state index contributed by atoms with van der Waals surface area (Å²) in [7, 11) is 0. The fourth-order valence-electron chi connectivity index (χ4n) is 1.69. The molecular weight excluding hydrogens is 260 g/mol. The van der Waals surface area contributed by atoms with Crippen LogP contribution in [-0.2, 0) is 16.0 Å². The van der Waals surface area contributed by atoms with E-state index in [9.17, 15) is 9.59 Å². The number of ether oxygens (including phenoxy) is 1. The average molecular weight is 280 g/mol. The van der Waals surface area contributed by atoms with Gasteiger partial charge in [0.1, 0.15) is 6.61 Å². The van der Waals surface area contributed by atoms with Crippen LogP contribution in [0.1, 0.15) is 12.5 Å². The van der Waals surface area contributed by atoms with E-state index in [4.69, 9.17) is 9.84 Å². The molecule has 2 amide bonds. The molecule has 110 valence electrons. The SMILES string of the molecule is CC(Cc1ccccc1)NC(=O)NCCOCC(=O)O. The molecule has 3 N–H and O–H groups in total. The molecule has 0 saturated heterocycles. The number of carboxylic acid groups (broad SMARTS) is 1. The number of carboxylic acids is 1. The number of aliphatic carboxylic acids is 1. The molecule has 1 aromatic carbocycles. The quantitative estimate of drug-likeness (QED) is 0.620. The van der Waals surface area contributed by atoms with Crippen LogP contribution in [0.2, 0.25) is 0 Å². The molecular formula is C14H20N2O4. The second kappa shape index (κ2) is 8.92. The predicted molar refractivity (Wildman–Crippen MR) is 74.6 cm³/mol. The standard InChI is InChI=1S/C14H20N2O4/c1-11(9-12-5-3-2-4-6-12)16-14(19)15-7-8-20-10-13(17)18/h2-6,11H,7-10H2,1H3,(H,17,18)(H2,15,16,19). The molecule has 0 aromatic heterocycles. The van der Waals surface area contributed by atoms with Gasteiger partial charge in [0.15, 0.2) is 0 Å². The first kappa shape index (κ1) is 16.0. The zero-order valence-corrected chi connectivity index (χ0v) is 11.5. The second-order valence-corrected chi connectivity index (χ2v) is 4.44. The minimum Gasteiger partial charge on any atom is -0.480 e. The Balaban J connectivity index is 2.13. The van der Waals surface area contributed by atoms with Crippen LogP contribution in [0.25, 0.3) is 0 Å². The van der Waals surface area contributed by atoms with Crippen LogP contribution in [0.5, 0.6) is 0 Å². The van der Waals surface area contributed by atoms with Crippen LogP contribution in [0.15, 0.2) is 30.3 Å². The summed E-state index contributed by atoms with van der Waals surface area (Å²) in [5, 5.41) is 13.8. The molecule has 1 aromatic rings. The van der Waals surface area contributed by atoms with Crippen molar-refractivity contribution >= 4 is 12.0 Å². The Morgan fingerprint density at radius 2 is 2.00 bits per heavy atom. The molecule has 1 atom stereocenters. The number of hydrogen-bond donors (Lipinski definition) is 3. The van der Waals surface area contributed by atoms with Crippen LogP contribution >= 0.6 is 0 Å². The first-order chi connectivity index (χ1) is 9.58. The molecule has 0 aliphatic heterocycles. The zero-order chi connectivity index (χ0) is 14.8. The topological polar surface area (TPSA) is 87.7 Å². The molecule has 1 unspecified atom stereocenters. The van der Waals surface area contributed by atoms with Crippen molar-refractivity contribution in [3.05, 3.63) is 35.9 Å². The third kappa shape index (κ3) is 7.38. The maximum Gasteiger partial charge on any atom is 0.329 e. The van der Waals surface area contributed by atoms with E-state index in [1.54, 1.807) is 0 Å². The molecule has 6 heteroatoms. The highest BCUT2D eigenvalue weighted by Crippen LogP contribution is 2.02. The van der Waals surface area contributed by atoms with Gasteiger partial charge in [-0.2, -0.15) is 0 Å². The highest BCUT2D eigenvalue weighted by molar-refractivity contribution is 5.74. The Bertz CT molecular complexity index is 422. The molecule has 1 rings (SSSR count). The van der Waals surface area contributed by atoms with Crippen LogP contribution in [0.3, 0.4) is 0 Å². The van der Waals surface area contributed by atoms with E-state index < -0.39 is 5.97 Å². The van der Waals surface area contributed by atoms with E-state index in [2.05, 4.69) is 10.6 Å². The summed E-state index contributed by atoms with van der Waals surface area (Å²) >= 11 is 0. The molecule has 0 spiro atoms. The van der Waals surface area contributed by atoms with Crippen molar-refractivity contribution in [2.45, 2.75) is 19.4 Å². The van der Waals surface area contributed by atoms with Gasteiger partial charge in [0.05, 0.1) is 6.61 Å². The molecule has 20 heavy (non-hydrogen) atoms. The fourth-order valence-corrected chi connectivity index (χ4v) is 1.69. The molecule has 6 nitrogen and oxygen atoms in total. The number of rotatable bonds is 8. The minimum absolute atomic E-state index is 0.0114. The normalized spacial score (nSPS) is 11.7. The molecule has 0 heterocycles. The summed E-state index contributed by atoms with van der Waals surface area (Å²) in [4.78, 5) is 21.7. The lowest BCUT2D eigenvalue weighted by atomic mass is 10.1. The monoisotopic (exact) mass is 280 g/mol. The van der Waals surface area contributed by atoms with Gasteiger partial charge in [0, 0.05) is 12.6 Å². The predicted octanol–water partition coefficient (Wildman–Crippen LogP) is 1.02. The Labute approximate surface area is 118 Å². The van der Waals surface area contributed by atoms with Crippen LogP contribution < -0.4 is 10.6 Å². The summed E-state index contributed by atoms with van der Waals surface area (Å²) in [5.41, 5.74) is 1.16. The van der Waals surface area contributed by atoms with Crippen LogP contribution in [0, 0.1) is 0 Å². The van der Waals surface area contributed by atoms with Gasteiger partial charge in [0.25, 0.3) is 0 Å². The van der Waals surface area contributed by atoms with Gasteiger partial charge in [-0.15, -0.1) is 0 Å². The number of amides is 2. The molecule has 0 radical (unpaired) electrons. The number of nitrogens with one attached hydrogen (secondary N) is 2. The molecule has 0 saturated carbocycles. The van der Waals surface area contributed by atoms with Gasteiger partial charge in [-0.3, -0.25) is 0 Å². The van der Waals surface area contributed by atoms with Gasteiger partial charge in [-0.1, -0.05) is 30.3 Å². The van der Waals surface area contributed by atoms with E-state index in [-0.39, 0.29) is 31.8 Å². The van der Waals surface area contributed by atoms with Crippen molar-refractivity contribution < 1.29 is 19.4 Å². The lowest BCUT2D eigenvalue weighted by Gasteiger charge is -2.14. The molecule has 0 fully saturated rings. The van der Waals surface area contributed by atoms with E-state index in [0.717, 1.165) is 12.0 Å². The average Bonchev–Trinajstić information content (AvgIpc) is 2.38. The third-order valence-electron chi connectivity index (χ3n) is 2.52. The Morgan fingerprint density at radius 1 is 1.30 bits per heavy atom. The lowest BCUT2D eigenvalue weighted by Crippen LogP contribution is -2.42. The second-order valence-electron chi connectivity index (χ2n) is 4.44. The van der Waals surface area contributed by atoms with Crippen molar-refractivity contribution in [1.29, 1.82) is 0 Å². The fraction of sp³-hybridized carbons (Fsp3) is 0.429. The summed E-state index contributed by atoms with van der Waals surface area (Å²) < 4.78 is 4.80. The van der Waals surface area contributed by atoms with Crippen molar-refractivity contribution in [1.82, 2.24) is 10.6 Å². The van der Waals surface area contributed by atoms with E-state index in [1.165, 1.54) is 0 Å². The van der Waals surface area contributed by atoms with Crippen LogP contribution in [-0.4, -0.2) is 42.9 Å². The Morgan fingerprint density at radius 3 is 2.65 bits per heavy atom. The highest BCUT2D eigenvalue weighted by Gasteiger charge is 2.07. The van der Waals surface area contributed by atoms with Gasteiger partial charge in [-0.05, 0) is 18.9 Å². The van der Waals surface area contributed by atoms with Crippen molar-refractivity contribution in [2.24, 2.45) is 0 Å². The number of hydrogen-bond acceptors (Lipinski definition) is 3. The van der Waals surface area contributed by atoms with E-state index in [0.29, 0.717) is 0 Å². The number of benzene rings is 1. The van der Waals surface area contributed by atoms with Gasteiger partial charge >= 0.3 is 12.0 Å². The number of carbonyl (C=O) groups is 2. The van der Waals surface area contributed by atoms with Crippen LogP contribution in [0.4, 0.5) is 4.79 Å². The third-order valence-corrected chi connectivity index (χ3v) is 2.52. The number of carbonyl (C=O) groups excluding carboxylic acids is 1. The van der Waals surface area contributed by atoms with Gasteiger partial charge in [0.2, 0.25) is 0 Å². The Hall–Kier alpha value is -2.08. The minimum atomic E-state index is -1.02. The van der Waals surface area contributed by atoms with Crippen molar-refractivity contribution in [3.63, 3.8) is 0 Å². The molecule has 0 bridgehead atoms. The van der Waals surface area contributed by atoms with E-state index in [1.807, 2.05) is 37.3 Å².